The smallest absolute Gasteiger partial charge is 0.164 e. The Balaban J connectivity index is 0.000000413. The number of ketones is 1. The molecule has 1 N–H and O–H groups in total. The molecule has 0 atom stereocenters. The van der Waals surface area contributed by atoms with E-state index in [1.165, 1.54) is 28.0 Å². The first-order chi connectivity index (χ1) is 22.8. The molecule has 0 saturated carbocycles. The number of hydrogen-bond acceptors (Lipinski definition) is 4. The van der Waals surface area contributed by atoms with Crippen LogP contribution in [0.1, 0.15) is 144 Å². The number of fused-ring (bicyclic) bond motifs is 3. The van der Waals surface area contributed by atoms with E-state index in [0.29, 0.717) is 5.92 Å². The summed E-state index contributed by atoms with van der Waals surface area (Å²) in [5.74, 6) is 2.01. The molecular formula is C45H63IrN2O2-. The molecule has 0 bridgehead atoms. The summed E-state index contributed by atoms with van der Waals surface area (Å²) in [7, 11) is 0. The average molecular weight is 856 g/mol. The largest absolute Gasteiger partial charge is 0.512 e. The summed E-state index contributed by atoms with van der Waals surface area (Å²) in [6, 6.07) is 19.2. The Kier molecular flexibility index (Phi) is 15.2. The van der Waals surface area contributed by atoms with Crippen molar-refractivity contribution in [3.05, 3.63) is 82.9 Å². The van der Waals surface area contributed by atoms with Gasteiger partial charge in [0.1, 0.15) is 11.6 Å². The summed E-state index contributed by atoms with van der Waals surface area (Å²) >= 11 is 0. The topological polar surface area (TPSA) is 63.1 Å². The van der Waals surface area contributed by atoms with E-state index in [4.69, 9.17) is 9.97 Å². The van der Waals surface area contributed by atoms with Crippen molar-refractivity contribution in [2.24, 2.45) is 16.7 Å². The number of nitrogens with zero attached hydrogens (tertiary/aromatic N) is 2. The number of rotatable bonds is 11. The summed E-state index contributed by atoms with van der Waals surface area (Å²) in [5, 5.41) is 13.8. The van der Waals surface area contributed by atoms with Crippen molar-refractivity contribution in [3.8, 4) is 11.3 Å². The standard InChI is InChI=1S/C30H35N2.C15H28O2.Ir/c1-18(2)14-22-11-9-10-21-12-13-25-27(31-29(19(3)4)32-28(25)26(21)22)23-15-20(5)16-24(17-23)30(6,7)8;1-7-14(5,8-2)12(16)11-13(17)15(6,9-3)10-4;/h9-13,16-19H,14H2,1-8H3;11,16H,7-10H2,1-6H3;/q-1;;/b;12-11-;. The van der Waals surface area contributed by atoms with Crippen LogP contribution >= 0.6 is 0 Å². The van der Waals surface area contributed by atoms with Gasteiger partial charge in [0, 0.05) is 48.3 Å². The van der Waals surface area contributed by atoms with Gasteiger partial charge in [-0.2, -0.15) is 0 Å². The van der Waals surface area contributed by atoms with Crippen molar-refractivity contribution in [2.75, 3.05) is 0 Å². The van der Waals surface area contributed by atoms with Gasteiger partial charge in [-0.1, -0.05) is 127 Å². The quantitative estimate of drug-likeness (QED) is 0.0706. The van der Waals surface area contributed by atoms with Gasteiger partial charge in [0.25, 0.3) is 0 Å². The molecule has 0 aliphatic heterocycles. The van der Waals surface area contributed by atoms with Gasteiger partial charge in [0.15, 0.2) is 5.78 Å². The van der Waals surface area contributed by atoms with Crippen LogP contribution < -0.4 is 0 Å². The first kappa shape index (κ1) is 43.3. The van der Waals surface area contributed by atoms with E-state index in [-0.39, 0.29) is 53.8 Å². The molecule has 3 aromatic carbocycles. The number of carbonyl (C=O) groups is 1. The molecule has 0 aliphatic carbocycles. The van der Waals surface area contributed by atoms with Gasteiger partial charge >= 0.3 is 0 Å². The van der Waals surface area contributed by atoms with Gasteiger partial charge in [-0.15, -0.1) is 34.9 Å². The molecule has 0 spiro atoms. The molecule has 275 valence electrons. The van der Waals surface area contributed by atoms with Gasteiger partial charge in [-0.3, -0.25) is 9.78 Å². The summed E-state index contributed by atoms with van der Waals surface area (Å²) in [4.78, 5) is 22.4. The van der Waals surface area contributed by atoms with Gasteiger partial charge in [-0.25, -0.2) is 4.98 Å². The third-order valence-electron chi connectivity index (χ3n) is 10.7. The summed E-state index contributed by atoms with van der Waals surface area (Å²) in [6.45, 7) is 29.9. The molecule has 50 heavy (non-hydrogen) atoms. The average Bonchev–Trinajstić information content (AvgIpc) is 3.06. The number of aliphatic hydroxyl groups excluding tert-OH is 1. The van der Waals surface area contributed by atoms with E-state index in [1.54, 1.807) is 0 Å². The van der Waals surface area contributed by atoms with E-state index in [0.717, 1.165) is 65.7 Å². The summed E-state index contributed by atoms with van der Waals surface area (Å²) < 4.78 is 0. The van der Waals surface area contributed by atoms with Crippen molar-refractivity contribution in [3.63, 3.8) is 0 Å². The minimum absolute atomic E-state index is 0. The van der Waals surface area contributed by atoms with Crippen molar-refractivity contribution in [1.82, 2.24) is 9.97 Å². The van der Waals surface area contributed by atoms with Crippen LogP contribution in [-0.2, 0) is 36.7 Å². The molecule has 4 rings (SSSR count). The number of aryl methyl sites for hydroxylation is 1. The Hall–Kier alpha value is -2.88. The van der Waals surface area contributed by atoms with Crippen molar-refractivity contribution in [1.29, 1.82) is 0 Å². The van der Waals surface area contributed by atoms with E-state index in [9.17, 15) is 9.90 Å². The molecule has 4 aromatic rings. The second kappa shape index (κ2) is 17.6. The number of hydrogen-bond donors (Lipinski definition) is 1. The zero-order valence-electron chi connectivity index (χ0n) is 33.4. The predicted octanol–water partition coefficient (Wildman–Crippen LogP) is 12.8. The summed E-state index contributed by atoms with van der Waals surface area (Å²) in [6.07, 6.45) is 5.79. The Morgan fingerprint density at radius 3 is 1.98 bits per heavy atom. The van der Waals surface area contributed by atoms with Crippen LogP contribution in [0.15, 0.2) is 54.3 Å². The SMILES string of the molecule is CCC(C)(CC)C(=O)/C=C(\O)C(C)(CC)CC.Cc1[c-]c(-c2nc(C(C)C)nc3c2ccc2cccc(CC(C)C)c23)cc(C(C)(C)C)c1.[Ir]. The molecule has 1 radical (unpaired) electrons. The van der Waals surface area contributed by atoms with Crippen LogP contribution in [0.3, 0.4) is 0 Å². The van der Waals surface area contributed by atoms with Crippen LogP contribution in [0, 0.1) is 29.7 Å². The normalized spacial score (nSPS) is 12.7. The van der Waals surface area contributed by atoms with Crippen LogP contribution in [0.4, 0.5) is 0 Å². The van der Waals surface area contributed by atoms with Crippen molar-refractivity contribution >= 4 is 27.5 Å². The predicted molar refractivity (Wildman–Crippen MR) is 210 cm³/mol. The molecule has 1 aromatic heterocycles. The fourth-order valence-corrected chi connectivity index (χ4v) is 6.09. The molecule has 0 saturated heterocycles. The maximum atomic E-state index is 12.2. The van der Waals surface area contributed by atoms with Crippen molar-refractivity contribution < 1.29 is 30.0 Å². The van der Waals surface area contributed by atoms with Crippen LogP contribution in [0.2, 0.25) is 0 Å². The molecular weight excluding hydrogens is 793 g/mol. The monoisotopic (exact) mass is 856 g/mol. The number of carbonyl (C=O) groups excluding carboxylic acids is 1. The van der Waals surface area contributed by atoms with Gasteiger partial charge < -0.3 is 5.11 Å². The zero-order valence-corrected chi connectivity index (χ0v) is 35.8. The van der Waals surface area contributed by atoms with Gasteiger partial charge in [0.2, 0.25) is 0 Å². The molecule has 0 unspecified atom stereocenters. The van der Waals surface area contributed by atoms with Crippen LogP contribution in [-0.4, -0.2) is 20.9 Å². The molecule has 0 aliphatic rings. The van der Waals surface area contributed by atoms with Gasteiger partial charge in [-0.05, 0) is 65.5 Å². The second-order valence-corrected chi connectivity index (χ2v) is 16.3. The fraction of sp³-hybridized carbons (Fsp3) is 0.533. The first-order valence-electron chi connectivity index (χ1n) is 18.6. The molecule has 1 heterocycles. The van der Waals surface area contributed by atoms with Crippen LogP contribution in [0.25, 0.3) is 32.9 Å². The zero-order chi connectivity index (χ0) is 36.9. The van der Waals surface area contributed by atoms with E-state index in [2.05, 4.69) is 104 Å². The maximum Gasteiger partial charge on any atom is 0.164 e. The Morgan fingerprint density at radius 1 is 0.860 bits per heavy atom. The number of aromatic nitrogens is 2. The molecule has 0 fully saturated rings. The van der Waals surface area contributed by atoms with E-state index < -0.39 is 0 Å². The Labute approximate surface area is 317 Å². The van der Waals surface area contributed by atoms with Gasteiger partial charge in [0.05, 0.1) is 5.52 Å². The molecule has 0 amide bonds. The second-order valence-electron chi connectivity index (χ2n) is 16.3. The minimum atomic E-state index is -0.337. The van der Waals surface area contributed by atoms with E-state index >= 15 is 0 Å². The van der Waals surface area contributed by atoms with Crippen molar-refractivity contribution in [2.45, 2.75) is 140 Å². The maximum absolute atomic E-state index is 12.2. The summed E-state index contributed by atoms with van der Waals surface area (Å²) in [5.41, 5.74) is 6.41. The van der Waals surface area contributed by atoms with Crippen LogP contribution in [0.5, 0.6) is 0 Å². The molecule has 4 nitrogen and oxygen atoms in total. The Morgan fingerprint density at radius 2 is 1.46 bits per heavy atom. The first-order valence-corrected chi connectivity index (χ1v) is 18.6. The Bertz CT molecular complexity index is 1790. The minimum Gasteiger partial charge on any atom is -0.512 e. The number of allylic oxidation sites excluding steroid dienone is 2. The number of benzene rings is 3. The molecule has 5 heteroatoms. The third kappa shape index (κ3) is 9.91. The van der Waals surface area contributed by atoms with E-state index in [1.807, 2.05) is 41.5 Å². The fourth-order valence-electron chi connectivity index (χ4n) is 6.09. The third-order valence-corrected chi connectivity index (χ3v) is 10.7. The number of aliphatic hydroxyl groups is 1.